The molecule has 1 aromatic heterocycles. The van der Waals surface area contributed by atoms with Crippen LogP contribution in [0.2, 0.25) is 0 Å². The van der Waals surface area contributed by atoms with Crippen molar-refractivity contribution in [1.82, 2.24) is 4.98 Å². The Morgan fingerprint density at radius 1 is 1.33 bits per heavy atom. The van der Waals surface area contributed by atoms with Gasteiger partial charge in [-0.2, -0.15) is 13.2 Å². The molecule has 0 spiro atoms. The SMILES string of the molecule is CCCC(C(N)=O)c1ccnc2cc(C(F)(F)F)ccc12. The van der Waals surface area contributed by atoms with Crippen LogP contribution in [0.1, 0.15) is 36.8 Å². The highest BCUT2D eigenvalue weighted by Crippen LogP contribution is 2.33. The molecule has 1 aromatic carbocycles. The number of benzene rings is 1. The monoisotopic (exact) mass is 296 g/mol. The largest absolute Gasteiger partial charge is 0.416 e. The lowest BCUT2D eigenvalue weighted by Gasteiger charge is -2.16. The number of nitrogens with zero attached hydrogens (tertiary/aromatic N) is 1. The molecule has 0 bridgehead atoms. The summed E-state index contributed by atoms with van der Waals surface area (Å²) >= 11 is 0. The summed E-state index contributed by atoms with van der Waals surface area (Å²) < 4.78 is 38.2. The second kappa shape index (κ2) is 5.71. The molecule has 6 heteroatoms. The van der Waals surface area contributed by atoms with Crippen molar-refractivity contribution >= 4 is 16.8 Å². The van der Waals surface area contributed by atoms with Crippen LogP contribution in [-0.4, -0.2) is 10.9 Å². The molecule has 21 heavy (non-hydrogen) atoms. The molecule has 0 aliphatic rings. The third-order valence-electron chi connectivity index (χ3n) is 3.40. The van der Waals surface area contributed by atoms with Gasteiger partial charge in [0, 0.05) is 11.6 Å². The first kappa shape index (κ1) is 15.3. The number of nitrogens with two attached hydrogens (primary N) is 1. The fourth-order valence-corrected chi connectivity index (χ4v) is 2.39. The van der Waals surface area contributed by atoms with E-state index >= 15 is 0 Å². The Morgan fingerprint density at radius 2 is 2.05 bits per heavy atom. The van der Waals surface area contributed by atoms with Crippen LogP contribution >= 0.6 is 0 Å². The number of carbonyl (C=O) groups excluding carboxylic acids is 1. The van der Waals surface area contributed by atoms with Crippen LogP contribution in [0.15, 0.2) is 30.5 Å². The first-order chi connectivity index (χ1) is 9.84. The smallest absolute Gasteiger partial charge is 0.369 e. The molecule has 1 unspecified atom stereocenters. The summed E-state index contributed by atoms with van der Waals surface area (Å²) in [6, 6.07) is 4.98. The van der Waals surface area contributed by atoms with E-state index in [4.69, 9.17) is 5.73 Å². The van der Waals surface area contributed by atoms with Gasteiger partial charge in [-0.3, -0.25) is 9.78 Å². The summed E-state index contributed by atoms with van der Waals surface area (Å²) in [4.78, 5) is 15.5. The predicted octanol–water partition coefficient (Wildman–Crippen LogP) is 3.62. The number of fused-ring (bicyclic) bond motifs is 1. The summed E-state index contributed by atoms with van der Waals surface area (Å²) in [5.74, 6) is -0.999. The molecule has 2 aromatic rings. The summed E-state index contributed by atoms with van der Waals surface area (Å²) in [6.45, 7) is 1.92. The third-order valence-corrected chi connectivity index (χ3v) is 3.40. The van der Waals surface area contributed by atoms with E-state index in [1.165, 1.54) is 12.3 Å². The number of aromatic nitrogens is 1. The average Bonchev–Trinajstić information content (AvgIpc) is 2.42. The molecule has 1 heterocycles. The number of amides is 1. The Kier molecular flexibility index (Phi) is 4.16. The highest BCUT2D eigenvalue weighted by Gasteiger charge is 2.31. The molecular formula is C15H15F3N2O. The lowest BCUT2D eigenvalue weighted by molar-refractivity contribution is -0.137. The number of carbonyl (C=O) groups is 1. The number of rotatable bonds is 4. The second-order valence-corrected chi connectivity index (χ2v) is 4.87. The zero-order valence-corrected chi connectivity index (χ0v) is 11.4. The molecule has 0 radical (unpaired) electrons. The highest BCUT2D eigenvalue weighted by atomic mass is 19.4. The first-order valence-electron chi connectivity index (χ1n) is 6.59. The van der Waals surface area contributed by atoms with E-state index in [2.05, 4.69) is 4.98 Å². The zero-order valence-electron chi connectivity index (χ0n) is 11.4. The van der Waals surface area contributed by atoms with Crippen molar-refractivity contribution in [3.63, 3.8) is 0 Å². The van der Waals surface area contributed by atoms with Crippen molar-refractivity contribution in [2.75, 3.05) is 0 Å². The maximum absolute atomic E-state index is 12.7. The number of hydrogen-bond donors (Lipinski definition) is 1. The van der Waals surface area contributed by atoms with E-state index in [-0.39, 0.29) is 5.52 Å². The van der Waals surface area contributed by atoms with Crippen molar-refractivity contribution in [2.45, 2.75) is 31.9 Å². The number of halogens is 3. The molecule has 0 fully saturated rings. The van der Waals surface area contributed by atoms with Crippen molar-refractivity contribution < 1.29 is 18.0 Å². The molecule has 3 nitrogen and oxygen atoms in total. The molecule has 0 saturated heterocycles. The van der Waals surface area contributed by atoms with E-state index in [9.17, 15) is 18.0 Å². The maximum atomic E-state index is 12.7. The number of hydrogen-bond acceptors (Lipinski definition) is 2. The Bertz CT molecular complexity index is 668. The molecule has 2 rings (SSSR count). The van der Waals surface area contributed by atoms with E-state index in [1.807, 2.05) is 6.92 Å². The molecular weight excluding hydrogens is 281 g/mol. The van der Waals surface area contributed by atoms with Gasteiger partial charge in [0.25, 0.3) is 0 Å². The van der Waals surface area contributed by atoms with Gasteiger partial charge in [0.15, 0.2) is 0 Å². The number of primary amides is 1. The number of pyridine rings is 1. The lowest BCUT2D eigenvalue weighted by atomic mass is 9.91. The first-order valence-corrected chi connectivity index (χ1v) is 6.59. The minimum Gasteiger partial charge on any atom is -0.369 e. The van der Waals surface area contributed by atoms with Crippen LogP contribution in [0.25, 0.3) is 10.9 Å². The summed E-state index contributed by atoms with van der Waals surface area (Å²) in [6.07, 6.45) is -1.71. The molecule has 1 amide bonds. The quantitative estimate of drug-likeness (QED) is 0.936. The van der Waals surface area contributed by atoms with Crippen LogP contribution in [0.5, 0.6) is 0 Å². The topological polar surface area (TPSA) is 56.0 Å². The van der Waals surface area contributed by atoms with E-state index < -0.39 is 23.6 Å². The summed E-state index contributed by atoms with van der Waals surface area (Å²) in [5.41, 5.74) is 5.49. The molecule has 2 N–H and O–H groups in total. The molecule has 0 aliphatic heterocycles. The maximum Gasteiger partial charge on any atom is 0.416 e. The van der Waals surface area contributed by atoms with Crippen molar-refractivity contribution in [1.29, 1.82) is 0 Å². The summed E-state index contributed by atoms with van der Waals surface area (Å²) in [5, 5.41) is 0.530. The minimum absolute atomic E-state index is 0.213. The fourth-order valence-electron chi connectivity index (χ4n) is 2.39. The van der Waals surface area contributed by atoms with E-state index in [0.717, 1.165) is 18.6 Å². The third kappa shape index (κ3) is 3.15. The van der Waals surface area contributed by atoms with Crippen LogP contribution in [0.4, 0.5) is 13.2 Å². The zero-order chi connectivity index (χ0) is 15.6. The van der Waals surface area contributed by atoms with Crippen LogP contribution in [0.3, 0.4) is 0 Å². The standard InChI is InChI=1S/C15H15F3N2O/c1-2-3-12(14(19)21)10-6-7-20-13-8-9(15(16,17)18)4-5-11(10)13/h4-8,12H,2-3H2,1H3,(H2,19,21). The number of alkyl halides is 3. The van der Waals surface area contributed by atoms with Crippen molar-refractivity contribution in [3.8, 4) is 0 Å². The van der Waals surface area contributed by atoms with E-state index in [1.54, 1.807) is 6.07 Å². The van der Waals surface area contributed by atoms with Gasteiger partial charge in [-0.05, 0) is 30.2 Å². The van der Waals surface area contributed by atoms with Gasteiger partial charge < -0.3 is 5.73 Å². The van der Waals surface area contributed by atoms with Crippen LogP contribution in [-0.2, 0) is 11.0 Å². The average molecular weight is 296 g/mol. The van der Waals surface area contributed by atoms with Gasteiger partial charge in [0.1, 0.15) is 0 Å². The minimum atomic E-state index is -4.42. The summed E-state index contributed by atoms with van der Waals surface area (Å²) in [7, 11) is 0. The van der Waals surface area contributed by atoms with Crippen molar-refractivity contribution in [3.05, 3.63) is 41.6 Å². The Morgan fingerprint density at radius 3 is 2.62 bits per heavy atom. The Balaban J connectivity index is 2.59. The van der Waals surface area contributed by atoms with E-state index in [0.29, 0.717) is 17.4 Å². The lowest BCUT2D eigenvalue weighted by Crippen LogP contribution is -2.21. The molecule has 1 atom stereocenters. The van der Waals surface area contributed by atoms with Gasteiger partial charge in [-0.25, -0.2) is 0 Å². The van der Waals surface area contributed by atoms with Gasteiger partial charge in [0.05, 0.1) is 17.0 Å². The second-order valence-electron chi connectivity index (χ2n) is 4.87. The predicted molar refractivity (Wildman–Crippen MR) is 73.6 cm³/mol. The van der Waals surface area contributed by atoms with Gasteiger partial charge in [0.2, 0.25) is 5.91 Å². The van der Waals surface area contributed by atoms with Gasteiger partial charge in [-0.1, -0.05) is 19.4 Å². The highest BCUT2D eigenvalue weighted by molar-refractivity contribution is 5.90. The van der Waals surface area contributed by atoms with Crippen molar-refractivity contribution in [2.24, 2.45) is 5.73 Å². The Labute approximate surface area is 120 Å². The molecule has 0 aliphatic carbocycles. The van der Waals surface area contributed by atoms with Crippen LogP contribution < -0.4 is 5.73 Å². The Hall–Kier alpha value is -2.11. The molecule has 112 valence electrons. The van der Waals surface area contributed by atoms with Gasteiger partial charge >= 0.3 is 6.18 Å². The van der Waals surface area contributed by atoms with Crippen LogP contribution in [0, 0.1) is 0 Å². The fraction of sp³-hybridized carbons (Fsp3) is 0.333. The molecule has 0 saturated carbocycles. The van der Waals surface area contributed by atoms with Gasteiger partial charge in [-0.15, -0.1) is 0 Å². The normalized spacial score (nSPS) is 13.3.